The van der Waals surface area contributed by atoms with Gasteiger partial charge in [-0.05, 0) is 35.0 Å². The smallest absolute Gasteiger partial charge is 0.161 e. The van der Waals surface area contributed by atoms with E-state index in [0.29, 0.717) is 0 Å². The maximum atomic E-state index is 4.48. The van der Waals surface area contributed by atoms with Gasteiger partial charge in [0.2, 0.25) is 0 Å². The summed E-state index contributed by atoms with van der Waals surface area (Å²) in [5, 5.41) is 3.19. The van der Waals surface area contributed by atoms with Crippen molar-refractivity contribution in [1.29, 1.82) is 0 Å². The van der Waals surface area contributed by atoms with Gasteiger partial charge in [-0.15, -0.1) is 0 Å². The molecule has 0 unspecified atom stereocenters. The van der Waals surface area contributed by atoms with E-state index < -0.39 is 0 Å². The topological polar surface area (TPSA) is 37.8 Å². The Labute approximate surface area is 117 Å². The summed E-state index contributed by atoms with van der Waals surface area (Å²) in [6.45, 7) is 2.86. The maximum absolute atomic E-state index is 4.48. The van der Waals surface area contributed by atoms with Crippen LogP contribution in [0.1, 0.15) is 6.92 Å². The van der Waals surface area contributed by atoms with Crippen molar-refractivity contribution in [3.63, 3.8) is 0 Å². The third-order valence-corrected chi connectivity index (χ3v) is 3.30. The second kappa shape index (κ2) is 5.60. The van der Waals surface area contributed by atoms with Crippen molar-refractivity contribution in [3.05, 3.63) is 39.4 Å². The fourth-order valence-corrected chi connectivity index (χ4v) is 1.99. The van der Waals surface area contributed by atoms with Crippen molar-refractivity contribution >= 4 is 37.7 Å². The molecule has 0 fully saturated rings. The molecule has 3 nitrogen and oxygen atoms in total. The average Bonchev–Trinajstić information content (AvgIpc) is 2.33. The minimum absolute atomic E-state index is 0.719. The Kier molecular flexibility index (Phi) is 4.12. The molecule has 1 aromatic heterocycles. The standard InChI is InChI=1S/C12H11Br2N3/c1-2-15-12-10(14)7-16-11(17-12)8-3-5-9(13)6-4-8/h3-7H,2H2,1H3,(H,15,16,17). The van der Waals surface area contributed by atoms with Crippen LogP contribution in [0.4, 0.5) is 5.82 Å². The molecule has 0 bridgehead atoms. The largest absolute Gasteiger partial charge is 0.369 e. The Morgan fingerprint density at radius 1 is 1.18 bits per heavy atom. The van der Waals surface area contributed by atoms with Crippen LogP contribution in [0.2, 0.25) is 0 Å². The SMILES string of the molecule is CCNc1nc(-c2ccc(Br)cc2)ncc1Br. The number of hydrogen-bond acceptors (Lipinski definition) is 3. The normalized spacial score (nSPS) is 10.3. The molecule has 0 aliphatic heterocycles. The highest BCUT2D eigenvalue weighted by Crippen LogP contribution is 2.24. The Bertz CT molecular complexity index is 512. The summed E-state index contributed by atoms with van der Waals surface area (Å²) in [5.41, 5.74) is 1.000. The van der Waals surface area contributed by atoms with Crippen LogP contribution in [0.15, 0.2) is 39.4 Å². The Balaban J connectivity index is 2.39. The van der Waals surface area contributed by atoms with Crippen LogP contribution >= 0.6 is 31.9 Å². The molecule has 0 aliphatic rings. The van der Waals surface area contributed by atoms with Crippen molar-refractivity contribution in [2.45, 2.75) is 6.92 Å². The van der Waals surface area contributed by atoms with Crippen molar-refractivity contribution in [2.24, 2.45) is 0 Å². The predicted octanol–water partition coefficient (Wildman–Crippen LogP) is 4.10. The average molecular weight is 357 g/mol. The molecular weight excluding hydrogens is 346 g/mol. The highest BCUT2D eigenvalue weighted by molar-refractivity contribution is 9.10. The van der Waals surface area contributed by atoms with Gasteiger partial charge in [0.25, 0.3) is 0 Å². The van der Waals surface area contributed by atoms with Gasteiger partial charge in [0.15, 0.2) is 5.82 Å². The van der Waals surface area contributed by atoms with Crippen LogP contribution in [0, 0.1) is 0 Å². The lowest BCUT2D eigenvalue weighted by molar-refractivity contribution is 1.10. The van der Waals surface area contributed by atoms with Crippen LogP contribution < -0.4 is 5.32 Å². The van der Waals surface area contributed by atoms with Gasteiger partial charge in [-0.2, -0.15) is 0 Å². The van der Waals surface area contributed by atoms with E-state index in [-0.39, 0.29) is 0 Å². The number of nitrogens with one attached hydrogen (secondary N) is 1. The van der Waals surface area contributed by atoms with Gasteiger partial charge in [-0.25, -0.2) is 9.97 Å². The number of hydrogen-bond donors (Lipinski definition) is 1. The molecule has 88 valence electrons. The van der Waals surface area contributed by atoms with Crippen LogP contribution in [-0.2, 0) is 0 Å². The first kappa shape index (κ1) is 12.5. The van der Waals surface area contributed by atoms with Gasteiger partial charge in [0, 0.05) is 22.8 Å². The second-order valence-corrected chi connectivity index (χ2v) is 5.20. The fraction of sp³-hybridized carbons (Fsp3) is 0.167. The lowest BCUT2D eigenvalue weighted by Gasteiger charge is -2.07. The number of rotatable bonds is 3. The number of benzene rings is 1. The van der Waals surface area contributed by atoms with Gasteiger partial charge in [-0.3, -0.25) is 0 Å². The highest BCUT2D eigenvalue weighted by atomic mass is 79.9. The molecule has 17 heavy (non-hydrogen) atoms. The van der Waals surface area contributed by atoms with E-state index in [2.05, 4.69) is 47.1 Å². The molecule has 0 atom stereocenters. The van der Waals surface area contributed by atoms with Gasteiger partial charge in [0.05, 0.1) is 4.47 Å². The predicted molar refractivity (Wildman–Crippen MR) is 77.0 cm³/mol. The maximum Gasteiger partial charge on any atom is 0.161 e. The Morgan fingerprint density at radius 2 is 1.88 bits per heavy atom. The van der Waals surface area contributed by atoms with E-state index >= 15 is 0 Å². The first-order valence-corrected chi connectivity index (χ1v) is 6.81. The molecule has 1 heterocycles. The number of nitrogens with zero attached hydrogens (tertiary/aromatic N) is 2. The quantitative estimate of drug-likeness (QED) is 0.899. The summed E-state index contributed by atoms with van der Waals surface area (Å²) in [7, 11) is 0. The molecule has 0 saturated heterocycles. The fourth-order valence-electron chi connectivity index (χ4n) is 1.40. The second-order valence-electron chi connectivity index (χ2n) is 3.43. The molecule has 2 rings (SSSR count). The molecular formula is C12H11Br2N3. The Morgan fingerprint density at radius 3 is 2.53 bits per heavy atom. The third kappa shape index (κ3) is 3.04. The van der Waals surface area contributed by atoms with Crippen molar-refractivity contribution in [2.75, 3.05) is 11.9 Å². The summed E-state index contributed by atoms with van der Waals surface area (Å²) < 4.78 is 1.92. The monoisotopic (exact) mass is 355 g/mol. The van der Waals surface area contributed by atoms with Crippen molar-refractivity contribution in [3.8, 4) is 11.4 Å². The highest BCUT2D eigenvalue weighted by Gasteiger charge is 2.05. The van der Waals surface area contributed by atoms with Gasteiger partial charge in [0.1, 0.15) is 5.82 Å². The molecule has 5 heteroatoms. The van der Waals surface area contributed by atoms with E-state index in [4.69, 9.17) is 0 Å². The zero-order chi connectivity index (χ0) is 12.3. The molecule has 2 aromatic rings. The first-order chi connectivity index (χ1) is 8.20. The molecule has 0 saturated carbocycles. The molecule has 0 spiro atoms. The summed E-state index contributed by atoms with van der Waals surface area (Å²) >= 11 is 6.83. The summed E-state index contributed by atoms with van der Waals surface area (Å²) in [6, 6.07) is 7.94. The van der Waals surface area contributed by atoms with E-state index in [9.17, 15) is 0 Å². The lowest BCUT2D eigenvalue weighted by Crippen LogP contribution is -2.02. The minimum atomic E-state index is 0.719. The van der Waals surface area contributed by atoms with E-state index in [1.165, 1.54) is 0 Å². The van der Waals surface area contributed by atoms with Crippen molar-refractivity contribution in [1.82, 2.24) is 9.97 Å². The molecule has 1 aromatic carbocycles. The number of anilines is 1. The van der Waals surface area contributed by atoms with Crippen LogP contribution in [0.25, 0.3) is 11.4 Å². The van der Waals surface area contributed by atoms with Crippen LogP contribution in [0.3, 0.4) is 0 Å². The van der Waals surface area contributed by atoms with E-state index in [1.54, 1.807) is 6.20 Å². The van der Waals surface area contributed by atoms with Gasteiger partial charge < -0.3 is 5.32 Å². The van der Waals surface area contributed by atoms with E-state index in [1.807, 2.05) is 31.2 Å². The summed E-state index contributed by atoms with van der Waals surface area (Å²) in [6.07, 6.45) is 1.77. The zero-order valence-corrected chi connectivity index (χ0v) is 12.4. The molecule has 0 radical (unpaired) electrons. The summed E-state index contributed by atoms with van der Waals surface area (Å²) in [4.78, 5) is 8.79. The van der Waals surface area contributed by atoms with Crippen molar-refractivity contribution < 1.29 is 0 Å². The van der Waals surface area contributed by atoms with Crippen LogP contribution in [-0.4, -0.2) is 16.5 Å². The lowest BCUT2D eigenvalue weighted by atomic mass is 10.2. The molecule has 0 aliphatic carbocycles. The molecule has 0 amide bonds. The van der Waals surface area contributed by atoms with Crippen LogP contribution in [0.5, 0.6) is 0 Å². The minimum Gasteiger partial charge on any atom is -0.369 e. The Hall–Kier alpha value is -0.940. The third-order valence-electron chi connectivity index (χ3n) is 2.19. The molecule has 1 N–H and O–H groups in total. The first-order valence-electron chi connectivity index (χ1n) is 5.23. The number of halogens is 2. The zero-order valence-electron chi connectivity index (χ0n) is 9.24. The summed E-state index contributed by atoms with van der Waals surface area (Å²) in [5.74, 6) is 1.54. The van der Waals surface area contributed by atoms with Gasteiger partial charge in [-0.1, -0.05) is 28.1 Å². The van der Waals surface area contributed by atoms with E-state index in [0.717, 1.165) is 32.7 Å². The number of aromatic nitrogens is 2. The van der Waals surface area contributed by atoms with Gasteiger partial charge >= 0.3 is 0 Å².